The number of unbranched alkanes of at least 4 members (excludes halogenated alkanes) is 1. The Labute approximate surface area is 250 Å². The number of methoxy groups -OCH3 is 1. The van der Waals surface area contributed by atoms with Gasteiger partial charge in [-0.25, -0.2) is 13.2 Å². The van der Waals surface area contributed by atoms with E-state index < -0.39 is 20.7 Å². The average molecular weight is 621 g/mol. The van der Waals surface area contributed by atoms with Gasteiger partial charge in [0.05, 0.1) is 45.5 Å². The SMILES string of the molecule is C=COc1c(OC)cc(OCC(CC)CCCC)c2c1S/C(=C(\C(=O)OCCC(C)=O)S(=O)(=O)c1ccccc1)S2. The molecule has 222 valence electrons. The third-order valence-electron chi connectivity index (χ3n) is 6.33. The Balaban J connectivity index is 2.13. The molecule has 41 heavy (non-hydrogen) atoms. The van der Waals surface area contributed by atoms with Crippen molar-refractivity contribution in [2.24, 2.45) is 5.92 Å². The van der Waals surface area contributed by atoms with E-state index in [1.165, 1.54) is 32.4 Å². The Hall–Kier alpha value is -2.89. The second kappa shape index (κ2) is 15.4. The molecule has 1 heterocycles. The smallest absolute Gasteiger partial charge is 0.351 e. The van der Waals surface area contributed by atoms with Crippen molar-refractivity contribution < 1.29 is 37.0 Å². The van der Waals surface area contributed by atoms with E-state index in [0.717, 1.165) is 49.2 Å². The number of esters is 1. The van der Waals surface area contributed by atoms with Crippen LogP contribution in [0.25, 0.3) is 0 Å². The number of sulfone groups is 1. The molecule has 1 unspecified atom stereocenters. The van der Waals surface area contributed by atoms with Gasteiger partial charge in [0, 0.05) is 12.5 Å². The van der Waals surface area contributed by atoms with E-state index in [4.69, 9.17) is 18.9 Å². The van der Waals surface area contributed by atoms with Crippen molar-refractivity contribution in [3.63, 3.8) is 0 Å². The van der Waals surface area contributed by atoms with Gasteiger partial charge in [-0.2, -0.15) is 0 Å². The number of Topliss-reactive ketones (excluding diaryl/α,β-unsaturated/α-hetero) is 1. The van der Waals surface area contributed by atoms with Crippen molar-refractivity contribution in [1.82, 2.24) is 0 Å². The second-order valence-electron chi connectivity index (χ2n) is 9.30. The molecule has 0 saturated carbocycles. The van der Waals surface area contributed by atoms with Crippen molar-refractivity contribution in [1.29, 1.82) is 0 Å². The molecule has 2 aromatic carbocycles. The number of carbonyl (C=O) groups excluding carboxylic acids is 2. The zero-order valence-electron chi connectivity index (χ0n) is 23.8. The van der Waals surface area contributed by atoms with E-state index in [9.17, 15) is 18.0 Å². The number of rotatable bonds is 16. The molecule has 0 amide bonds. The number of benzene rings is 2. The molecule has 0 aliphatic carbocycles. The Morgan fingerprint density at radius 3 is 2.39 bits per heavy atom. The van der Waals surface area contributed by atoms with Crippen molar-refractivity contribution >= 4 is 45.1 Å². The minimum Gasteiger partial charge on any atom is -0.493 e. The normalized spacial score (nSPS) is 14.5. The van der Waals surface area contributed by atoms with Gasteiger partial charge < -0.3 is 18.9 Å². The molecule has 0 saturated heterocycles. The van der Waals surface area contributed by atoms with Gasteiger partial charge in [0.1, 0.15) is 11.5 Å². The van der Waals surface area contributed by atoms with Crippen LogP contribution in [0.15, 0.2) is 73.1 Å². The van der Waals surface area contributed by atoms with E-state index in [0.29, 0.717) is 39.6 Å². The predicted octanol–water partition coefficient (Wildman–Crippen LogP) is 7.18. The summed E-state index contributed by atoms with van der Waals surface area (Å²) >= 11 is 2.16. The maximum absolute atomic E-state index is 13.8. The molecular weight excluding hydrogens is 585 g/mol. The Morgan fingerprint density at radius 2 is 1.78 bits per heavy atom. The van der Waals surface area contributed by atoms with Gasteiger partial charge >= 0.3 is 5.97 Å². The highest BCUT2D eigenvalue weighted by molar-refractivity contribution is 8.25. The number of hydrogen-bond donors (Lipinski definition) is 0. The molecule has 11 heteroatoms. The van der Waals surface area contributed by atoms with Crippen molar-refractivity contribution in [3.05, 3.63) is 58.4 Å². The molecular formula is C30H36O8S3. The first kappa shape index (κ1) is 32.6. The molecule has 1 aliphatic heterocycles. The summed E-state index contributed by atoms with van der Waals surface area (Å²) < 4.78 is 50.7. The van der Waals surface area contributed by atoms with Crippen LogP contribution in [0.5, 0.6) is 17.2 Å². The number of ketones is 1. The van der Waals surface area contributed by atoms with Crippen LogP contribution in [0, 0.1) is 5.92 Å². The lowest BCUT2D eigenvalue weighted by atomic mass is 10.0. The molecule has 1 aliphatic rings. The summed E-state index contributed by atoms with van der Waals surface area (Å²) in [5.74, 6) is 0.337. The summed E-state index contributed by atoms with van der Waals surface area (Å²) in [6.45, 7) is 9.53. The molecule has 8 nitrogen and oxygen atoms in total. The summed E-state index contributed by atoms with van der Waals surface area (Å²) in [7, 11) is -2.80. The van der Waals surface area contributed by atoms with Crippen LogP contribution in [-0.4, -0.2) is 40.5 Å². The predicted molar refractivity (Wildman–Crippen MR) is 161 cm³/mol. The molecule has 0 aromatic heterocycles. The third-order valence-corrected chi connectivity index (χ3v) is 11.0. The summed E-state index contributed by atoms with van der Waals surface area (Å²) in [5.41, 5.74) is 0. The lowest BCUT2D eigenvalue weighted by Crippen LogP contribution is -2.19. The summed E-state index contributed by atoms with van der Waals surface area (Å²) in [5, 5.41) is 0. The van der Waals surface area contributed by atoms with Gasteiger partial charge in [-0.1, -0.05) is 81.4 Å². The van der Waals surface area contributed by atoms with Gasteiger partial charge in [0.25, 0.3) is 0 Å². The van der Waals surface area contributed by atoms with E-state index in [2.05, 4.69) is 20.4 Å². The van der Waals surface area contributed by atoms with Crippen molar-refractivity contribution in [2.75, 3.05) is 20.3 Å². The first-order chi connectivity index (χ1) is 19.7. The minimum absolute atomic E-state index is 0.0244. The van der Waals surface area contributed by atoms with Crippen LogP contribution in [0.4, 0.5) is 0 Å². The fourth-order valence-electron chi connectivity index (χ4n) is 4.00. The highest BCUT2D eigenvalue weighted by atomic mass is 32.2. The van der Waals surface area contributed by atoms with Crippen LogP contribution in [0.3, 0.4) is 0 Å². The van der Waals surface area contributed by atoms with Gasteiger partial charge in [-0.15, -0.1) is 0 Å². The van der Waals surface area contributed by atoms with Crippen molar-refractivity contribution in [2.45, 2.75) is 67.6 Å². The highest BCUT2D eigenvalue weighted by Crippen LogP contribution is 2.62. The second-order valence-corrected chi connectivity index (χ2v) is 13.5. The largest absolute Gasteiger partial charge is 0.493 e. The highest BCUT2D eigenvalue weighted by Gasteiger charge is 2.39. The molecule has 2 aromatic rings. The summed E-state index contributed by atoms with van der Waals surface area (Å²) in [6.07, 6.45) is 5.40. The zero-order valence-corrected chi connectivity index (χ0v) is 26.2. The Morgan fingerprint density at radius 1 is 1.07 bits per heavy atom. The maximum atomic E-state index is 13.8. The number of thioether (sulfide) groups is 2. The van der Waals surface area contributed by atoms with Crippen LogP contribution in [-0.2, 0) is 24.2 Å². The zero-order chi connectivity index (χ0) is 30.0. The topological polar surface area (TPSA) is 105 Å². The van der Waals surface area contributed by atoms with Crippen LogP contribution in [0.2, 0.25) is 0 Å². The monoisotopic (exact) mass is 620 g/mol. The van der Waals surface area contributed by atoms with Gasteiger partial charge in [-0.05, 0) is 31.4 Å². The molecule has 0 bridgehead atoms. The fraction of sp³-hybridized carbons (Fsp3) is 0.400. The summed E-state index contributed by atoms with van der Waals surface area (Å²) in [6, 6.07) is 9.38. The van der Waals surface area contributed by atoms with Gasteiger partial charge in [-0.3, -0.25) is 4.79 Å². The third kappa shape index (κ3) is 8.11. The Bertz CT molecular complexity index is 1380. The van der Waals surface area contributed by atoms with Gasteiger partial charge in [0.2, 0.25) is 9.84 Å². The van der Waals surface area contributed by atoms with Gasteiger partial charge in [0.15, 0.2) is 16.4 Å². The quantitative estimate of drug-likeness (QED) is 0.109. The minimum atomic E-state index is -4.30. The lowest BCUT2D eigenvalue weighted by molar-refractivity contribution is -0.138. The van der Waals surface area contributed by atoms with Crippen LogP contribution >= 0.6 is 23.5 Å². The van der Waals surface area contributed by atoms with Crippen LogP contribution in [0.1, 0.15) is 52.9 Å². The molecule has 1 atom stereocenters. The average Bonchev–Trinajstić information content (AvgIpc) is 3.39. The standard InChI is InChI=1S/C30H36O8S3/c1-6-9-13-21(7-2)19-38-24-18-23(35-5)25(36-8-3)27-26(24)39-30(40-27)28(29(32)37-17-16-20(4)31)41(33,34)22-14-11-10-12-15-22/h8,10-12,14-15,18,21H,3,6-7,9,13,16-17,19H2,1-2,4-5H3/b30-28+. The molecule has 0 radical (unpaired) electrons. The first-order valence-corrected chi connectivity index (χ1v) is 16.5. The fourth-order valence-corrected chi connectivity index (χ4v) is 8.63. The number of fused-ring (bicyclic) bond motifs is 1. The molecule has 3 rings (SSSR count). The van der Waals surface area contributed by atoms with Crippen molar-refractivity contribution in [3.8, 4) is 17.2 Å². The molecule has 0 spiro atoms. The van der Waals surface area contributed by atoms with E-state index in [1.54, 1.807) is 24.3 Å². The first-order valence-electron chi connectivity index (χ1n) is 13.4. The molecule has 0 fully saturated rings. The van der Waals surface area contributed by atoms with E-state index in [-0.39, 0.29) is 27.9 Å². The van der Waals surface area contributed by atoms with E-state index >= 15 is 0 Å². The number of hydrogen-bond acceptors (Lipinski definition) is 10. The van der Waals surface area contributed by atoms with E-state index in [1.807, 2.05) is 0 Å². The number of carbonyl (C=O) groups is 2. The lowest BCUT2D eigenvalue weighted by Gasteiger charge is -2.19. The molecule has 0 N–H and O–H groups in total. The Kier molecular flexibility index (Phi) is 12.2. The van der Waals surface area contributed by atoms with Crippen LogP contribution < -0.4 is 14.2 Å². The maximum Gasteiger partial charge on any atom is 0.351 e. The summed E-state index contributed by atoms with van der Waals surface area (Å²) in [4.78, 5) is 25.4. The number of ether oxygens (including phenoxy) is 4.